The van der Waals surface area contributed by atoms with Gasteiger partial charge in [0.25, 0.3) is 5.91 Å². The summed E-state index contributed by atoms with van der Waals surface area (Å²) in [6.07, 6.45) is 2.70. The van der Waals surface area contributed by atoms with Gasteiger partial charge in [-0.15, -0.1) is 0 Å². The second-order valence-electron chi connectivity index (χ2n) is 4.24. The number of carbonyl (C=O) groups excluding carboxylic acids is 1. The van der Waals surface area contributed by atoms with Crippen LogP contribution in [0.3, 0.4) is 0 Å². The highest BCUT2D eigenvalue weighted by Crippen LogP contribution is 2.12. The topological polar surface area (TPSA) is 105 Å². The number of amides is 1. The molecule has 2 rings (SSSR count). The average molecular weight is 275 g/mol. The maximum absolute atomic E-state index is 11.9. The fourth-order valence-electron chi connectivity index (χ4n) is 1.56. The van der Waals surface area contributed by atoms with Crippen molar-refractivity contribution < 1.29 is 19.1 Å². The van der Waals surface area contributed by atoms with Crippen LogP contribution >= 0.6 is 0 Å². The number of hydrogen-bond donors (Lipinski definition) is 2. The second kappa shape index (κ2) is 5.52. The van der Waals surface area contributed by atoms with Crippen molar-refractivity contribution in [3.8, 4) is 0 Å². The minimum Gasteiger partial charge on any atom is -0.478 e. The van der Waals surface area contributed by atoms with Crippen molar-refractivity contribution in [2.24, 2.45) is 0 Å². The molecule has 20 heavy (non-hydrogen) atoms. The molecule has 0 aliphatic heterocycles. The summed E-state index contributed by atoms with van der Waals surface area (Å²) in [6, 6.07) is 2.27. The molecule has 2 aromatic heterocycles. The van der Waals surface area contributed by atoms with Gasteiger partial charge < -0.3 is 14.8 Å². The number of rotatable bonds is 4. The summed E-state index contributed by atoms with van der Waals surface area (Å²) < 4.78 is 5.31. The van der Waals surface area contributed by atoms with Crippen molar-refractivity contribution in [3.05, 3.63) is 47.4 Å². The number of oxazole rings is 1. The van der Waals surface area contributed by atoms with E-state index in [0.717, 1.165) is 6.20 Å². The lowest BCUT2D eigenvalue weighted by atomic mass is 10.2. The van der Waals surface area contributed by atoms with E-state index >= 15 is 0 Å². The Morgan fingerprint density at radius 1 is 1.30 bits per heavy atom. The first-order chi connectivity index (χ1) is 9.47. The third-order valence-corrected chi connectivity index (χ3v) is 2.60. The van der Waals surface area contributed by atoms with Gasteiger partial charge in [0.05, 0.1) is 11.8 Å². The molecule has 7 nitrogen and oxygen atoms in total. The Labute approximate surface area is 114 Å². The number of carbonyl (C=O) groups is 2. The van der Waals surface area contributed by atoms with E-state index in [4.69, 9.17) is 9.52 Å². The molecule has 0 spiro atoms. The summed E-state index contributed by atoms with van der Waals surface area (Å²) in [5.74, 6) is -0.457. The van der Waals surface area contributed by atoms with Gasteiger partial charge in [-0.2, -0.15) is 0 Å². The predicted molar refractivity (Wildman–Crippen MR) is 68.3 cm³/mol. The van der Waals surface area contributed by atoms with Gasteiger partial charge in [-0.3, -0.25) is 9.78 Å². The van der Waals surface area contributed by atoms with Crippen molar-refractivity contribution in [3.63, 3.8) is 0 Å². The Morgan fingerprint density at radius 3 is 2.55 bits per heavy atom. The maximum Gasteiger partial charge on any atom is 0.337 e. The summed E-state index contributed by atoms with van der Waals surface area (Å²) in [4.78, 5) is 30.4. The Hall–Kier alpha value is -2.70. The van der Waals surface area contributed by atoms with Gasteiger partial charge in [0, 0.05) is 6.20 Å². The highest BCUT2D eigenvalue weighted by molar-refractivity contribution is 5.93. The first kappa shape index (κ1) is 13.7. The Kier molecular flexibility index (Phi) is 3.79. The average Bonchev–Trinajstić information content (AvgIpc) is 2.85. The van der Waals surface area contributed by atoms with E-state index in [1.165, 1.54) is 12.1 Å². The van der Waals surface area contributed by atoms with Crippen molar-refractivity contribution in [2.45, 2.75) is 19.9 Å². The molecule has 2 N–H and O–H groups in total. The molecule has 0 aromatic carbocycles. The fraction of sp³-hybridized carbons (Fsp3) is 0.231. The SMILES string of the molecule is Cc1cnc(C(C)NC(=O)c2ccc(C(=O)O)cn2)o1. The molecule has 0 aliphatic carbocycles. The third-order valence-electron chi connectivity index (χ3n) is 2.60. The molecule has 1 unspecified atom stereocenters. The lowest BCUT2D eigenvalue weighted by Crippen LogP contribution is -2.27. The van der Waals surface area contributed by atoms with Crippen LogP contribution in [-0.4, -0.2) is 27.0 Å². The molecule has 0 fully saturated rings. The van der Waals surface area contributed by atoms with Crippen LogP contribution in [-0.2, 0) is 0 Å². The first-order valence-electron chi connectivity index (χ1n) is 5.90. The van der Waals surface area contributed by atoms with Crippen LogP contribution in [0.15, 0.2) is 28.9 Å². The lowest BCUT2D eigenvalue weighted by Gasteiger charge is -2.09. The zero-order valence-electron chi connectivity index (χ0n) is 11.0. The molecule has 7 heteroatoms. The summed E-state index contributed by atoms with van der Waals surface area (Å²) in [5, 5.41) is 11.4. The highest BCUT2D eigenvalue weighted by atomic mass is 16.4. The van der Waals surface area contributed by atoms with Crippen molar-refractivity contribution >= 4 is 11.9 Å². The largest absolute Gasteiger partial charge is 0.478 e. The fourth-order valence-corrected chi connectivity index (χ4v) is 1.56. The van der Waals surface area contributed by atoms with Crippen LogP contribution < -0.4 is 5.32 Å². The number of pyridine rings is 1. The molecule has 0 saturated carbocycles. The summed E-state index contributed by atoms with van der Waals surface area (Å²) in [7, 11) is 0. The molecule has 0 aliphatic rings. The van der Waals surface area contributed by atoms with E-state index in [1.54, 1.807) is 20.0 Å². The number of aromatic nitrogens is 2. The molecule has 104 valence electrons. The molecule has 1 amide bonds. The Morgan fingerprint density at radius 2 is 2.05 bits per heavy atom. The van der Waals surface area contributed by atoms with E-state index in [0.29, 0.717) is 11.7 Å². The molecule has 2 aromatic rings. The van der Waals surface area contributed by atoms with Gasteiger partial charge >= 0.3 is 5.97 Å². The Balaban J connectivity index is 2.06. The van der Waals surface area contributed by atoms with Crippen LogP contribution in [0, 0.1) is 6.92 Å². The lowest BCUT2D eigenvalue weighted by molar-refractivity contribution is 0.0695. The van der Waals surface area contributed by atoms with E-state index in [9.17, 15) is 9.59 Å². The quantitative estimate of drug-likeness (QED) is 0.877. The molecule has 0 radical (unpaired) electrons. The number of aromatic carboxylic acids is 1. The molecule has 0 bridgehead atoms. The normalized spacial score (nSPS) is 11.9. The zero-order valence-corrected chi connectivity index (χ0v) is 11.0. The van der Waals surface area contributed by atoms with Crippen molar-refractivity contribution in [1.82, 2.24) is 15.3 Å². The highest BCUT2D eigenvalue weighted by Gasteiger charge is 2.16. The molecular formula is C13H13N3O4. The molecular weight excluding hydrogens is 262 g/mol. The van der Waals surface area contributed by atoms with Crippen LogP contribution in [0.25, 0.3) is 0 Å². The van der Waals surface area contributed by atoms with E-state index in [2.05, 4.69) is 15.3 Å². The monoisotopic (exact) mass is 275 g/mol. The maximum atomic E-state index is 11.9. The minimum atomic E-state index is -1.09. The van der Waals surface area contributed by atoms with Crippen LogP contribution in [0.4, 0.5) is 0 Å². The number of nitrogens with one attached hydrogen (secondary N) is 1. The molecule has 1 atom stereocenters. The van der Waals surface area contributed by atoms with E-state index < -0.39 is 17.9 Å². The predicted octanol–water partition coefficient (Wildman–Crippen LogP) is 1.57. The zero-order chi connectivity index (χ0) is 14.7. The van der Waals surface area contributed by atoms with Gasteiger partial charge in [0.1, 0.15) is 17.5 Å². The summed E-state index contributed by atoms with van der Waals surface area (Å²) in [5.41, 5.74) is 0.156. The number of aryl methyl sites for hydroxylation is 1. The first-order valence-corrected chi connectivity index (χ1v) is 5.90. The van der Waals surface area contributed by atoms with Crippen LogP contribution in [0.5, 0.6) is 0 Å². The third kappa shape index (κ3) is 3.00. The van der Waals surface area contributed by atoms with Gasteiger partial charge in [-0.05, 0) is 26.0 Å². The molecule has 2 heterocycles. The number of nitrogens with zero attached hydrogens (tertiary/aromatic N) is 2. The van der Waals surface area contributed by atoms with E-state index in [-0.39, 0.29) is 11.3 Å². The standard InChI is InChI=1S/C13H13N3O4/c1-7-5-15-12(20-7)8(2)16-11(17)10-4-3-9(6-14-10)13(18)19/h3-6,8H,1-2H3,(H,16,17)(H,18,19). The van der Waals surface area contributed by atoms with E-state index in [1.807, 2.05) is 0 Å². The molecule has 0 saturated heterocycles. The summed E-state index contributed by atoms with van der Waals surface area (Å²) >= 11 is 0. The number of carboxylic acids is 1. The van der Waals surface area contributed by atoms with Crippen molar-refractivity contribution in [1.29, 1.82) is 0 Å². The summed E-state index contributed by atoms with van der Waals surface area (Å²) in [6.45, 7) is 3.49. The smallest absolute Gasteiger partial charge is 0.337 e. The number of hydrogen-bond acceptors (Lipinski definition) is 5. The second-order valence-corrected chi connectivity index (χ2v) is 4.24. The van der Waals surface area contributed by atoms with Gasteiger partial charge in [-0.25, -0.2) is 9.78 Å². The Bertz CT molecular complexity index is 633. The van der Waals surface area contributed by atoms with Gasteiger partial charge in [-0.1, -0.05) is 0 Å². The van der Waals surface area contributed by atoms with Crippen LogP contribution in [0.1, 0.15) is 45.5 Å². The van der Waals surface area contributed by atoms with Crippen LogP contribution in [0.2, 0.25) is 0 Å². The van der Waals surface area contributed by atoms with Gasteiger partial charge in [0.15, 0.2) is 0 Å². The number of carboxylic acid groups (broad SMARTS) is 1. The minimum absolute atomic E-state index is 0.0259. The van der Waals surface area contributed by atoms with Crippen molar-refractivity contribution in [2.75, 3.05) is 0 Å². The van der Waals surface area contributed by atoms with Gasteiger partial charge in [0.2, 0.25) is 5.89 Å².